The number of carbonyl (C=O) groups is 1. The number of carboxylic acids is 1. The number of aliphatic carboxylic acids is 1. The minimum Gasteiger partial charge on any atom is -0.478 e. The van der Waals surface area contributed by atoms with Crippen LogP contribution < -0.4 is 0 Å². The van der Waals surface area contributed by atoms with E-state index in [9.17, 15) is 4.79 Å². The molecule has 1 rings (SSSR count). The monoisotopic (exact) mass is 238 g/mol. The topological polar surface area (TPSA) is 37.3 Å². The Morgan fingerprint density at radius 3 is 1.53 bits per heavy atom. The van der Waals surface area contributed by atoms with Crippen LogP contribution in [0.3, 0.4) is 0 Å². The Labute approximate surface area is 105 Å². The zero-order chi connectivity index (χ0) is 12.5. The van der Waals surface area contributed by atoms with E-state index in [2.05, 4.69) is 0 Å². The number of hydrogen-bond acceptors (Lipinski definition) is 1. The van der Waals surface area contributed by atoms with Crippen molar-refractivity contribution in [2.24, 2.45) is 0 Å². The van der Waals surface area contributed by atoms with E-state index in [1.165, 1.54) is 63.4 Å². The molecule has 0 saturated heterocycles. The van der Waals surface area contributed by atoms with Crippen LogP contribution in [-0.2, 0) is 4.79 Å². The van der Waals surface area contributed by atoms with Gasteiger partial charge in [0.15, 0.2) is 0 Å². The molecule has 0 spiro atoms. The second-order valence-electron chi connectivity index (χ2n) is 5.22. The van der Waals surface area contributed by atoms with Gasteiger partial charge >= 0.3 is 5.97 Å². The summed E-state index contributed by atoms with van der Waals surface area (Å²) >= 11 is 0. The van der Waals surface area contributed by atoms with Crippen LogP contribution in [0, 0.1) is 0 Å². The third kappa shape index (κ3) is 5.90. The molecule has 0 heterocycles. The van der Waals surface area contributed by atoms with Crippen molar-refractivity contribution in [3.63, 3.8) is 0 Å². The molecular weight excluding hydrogens is 212 g/mol. The van der Waals surface area contributed by atoms with Crippen LogP contribution in [0.1, 0.15) is 77.6 Å². The van der Waals surface area contributed by atoms with Crippen molar-refractivity contribution in [3.05, 3.63) is 11.1 Å². The summed E-state index contributed by atoms with van der Waals surface area (Å²) in [4.78, 5) is 11.0. The van der Waals surface area contributed by atoms with E-state index in [-0.39, 0.29) is 0 Å². The van der Waals surface area contributed by atoms with Gasteiger partial charge in [0.25, 0.3) is 0 Å². The van der Waals surface area contributed by atoms with Gasteiger partial charge in [-0.25, -0.2) is 4.79 Å². The van der Waals surface area contributed by atoms with Crippen LogP contribution in [0.4, 0.5) is 0 Å². The van der Waals surface area contributed by atoms with Gasteiger partial charge in [0.2, 0.25) is 0 Å². The SMILES string of the molecule is CC(C(=O)O)=C1CCCCCCCCCCC1. The molecule has 0 aromatic carbocycles. The van der Waals surface area contributed by atoms with Crippen LogP contribution in [0.15, 0.2) is 11.1 Å². The number of carboxylic acid groups (broad SMARTS) is 1. The van der Waals surface area contributed by atoms with E-state index in [1.54, 1.807) is 6.92 Å². The second-order valence-corrected chi connectivity index (χ2v) is 5.22. The fourth-order valence-electron chi connectivity index (χ4n) is 2.57. The molecule has 0 bridgehead atoms. The van der Waals surface area contributed by atoms with E-state index >= 15 is 0 Å². The molecule has 0 radical (unpaired) electrons. The Morgan fingerprint density at radius 1 is 0.824 bits per heavy atom. The minimum absolute atomic E-state index is 0.599. The zero-order valence-corrected chi connectivity index (χ0v) is 11.1. The lowest BCUT2D eigenvalue weighted by atomic mass is 9.94. The number of rotatable bonds is 1. The molecule has 1 aliphatic rings. The summed E-state index contributed by atoms with van der Waals surface area (Å²) in [6.45, 7) is 1.77. The summed E-state index contributed by atoms with van der Waals surface area (Å²) in [5.41, 5.74) is 1.79. The molecule has 17 heavy (non-hydrogen) atoms. The van der Waals surface area contributed by atoms with E-state index in [0.717, 1.165) is 12.8 Å². The fraction of sp³-hybridized carbons (Fsp3) is 0.800. The molecule has 0 atom stereocenters. The van der Waals surface area contributed by atoms with Crippen LogP contribution in [-0.4, -0.2) is 11.1 Å². The fourth-order valence-corrected chi connectivity index (χ4v) is 2.57. The molecule has 0 aliphatic heterocycles. The largest absolute Gasteiger partial charge is 0.478 e. The molecule has 1 saturated carbocycles. The minimum atomic E-state index is -0.730. The second kappa shape index (κ2) is 8.32. The summed E-state index contributed by atoms with van der Waals surface area (Å²) in [6, 6.07) is 0. The van der Waals surface area contributed by atoms with Gasteiger partial charge in [-0.2, -0.15) is 0 Å². The van der Waals surface area contributed by atoms with Crippen molar-refractivity contribution < 1.29 is 9.90 Å². The van der Waals surface area contributed by atoms with E-state index in [0.29, 0.717) is 5.57 Å². The molecule has 1 N–H and O–H groups in total. The molecule has 2 nitrogen and oxygen atoms in total. The van der Waals surface area contributed by atoms with Crippen LogP contribution in [0.2, 0.25) is 0 Å². The molecule has 2 heteroatoms. The standard InChI is InChI=1S/C15H26O2/c1-13(15(16)17)14-11-9-7-5-3-2-4-6-8-10-12-14/h2-12H2,1H3,(H,16,17). The quantitative estimate of drug-likeness (QED) is 0.673. The van der Waals surface area contributed by atoms with Gasteiger partial charge in [-0.1, -0.05) is 50.5 Å². The highest BCUT2D eigenvalue weighted by Gasteiger charge is 2.09. The summed E-state index contributed by atoms with van der Waals surface area (Å²) in [7, 11) is 0. The normalized spacial score (nSPS) is 20.2. The van der Waals surface area contributed by atoms with Gasteiger partial charge in [-0.3, -0.25) is 0 Å². The summed E-state index contributed by atoms with van der Waals surface area (Å²) in [5, 5.41) is 9.06. The highest BCUT2D eigenvalue weighted by atomic mass is 16.4. The van der Waals surface area contributed by atoms with Gasteiger partial charge in [0.05, 0.1) is 0 Å². The maximum atomic E-state index is 11.0. The van der Waals surface area contributed by atoms with Crippen molar-refractivity contribution in [1.29, 1.82) is 0 Å². The predicted octanol–water partition coefficient (Wildman–Crippen LogP) is 4.69. The van der Waals surface area contributed by atoms with Crippen molar-refractivity contribution in [2.45, 2.75) is 77.6 Å². The molecular formula is C15H26O2. The highest BCUT2D eigenvalue weighted by molar-refractivity contribution is 5.86. The van der Waals surface area contributed by atoms with Crippen molar-refractivity contribution in [2.75, 3.05) is 0 Å². The Bertz CT molecular complexity index is 252. The first-order valence-electron chi connectivity index (χ1n) is 7.13. The first kappa shape index (κ1) is 14.3. The van der Waals surface area contributed by atoms with Crippen molar-refractivity contribution >= 4 is 5.97 Å². The van der Waals surface area contributed by atoms with Gasteiger partial charge < -0.3 is 5.11 Å². The Hall–Kier alpha value is -0.790. The molecule has 0 aromatic heterocycles. The summed E-state index contributed by atoms with van der Waals surface area (Å²) in [6.07, 6.45) is 13.6. The van der Waals surface area contributed by atoms with Crippen molar-refractivity contribution in [3.8, 4) is 0 Å². The van der Waals surface area contributed by atoms with Gasteiger partial charge in [-0.15, -0.1) is 0 Å². The smallest absolute Gasteiger partial charge is 0.331 e. The summed E-state index contributed by atoms with van der Waals surface area (Å²) < 4.78 is 0. The Morgan fingerprint density at radius 2 is 1.18 bits per heavy atom. The highest BCUT2D eigenvalue weighted by Crippen LogP contribution is 2.23. The lowest BCUT2D eigenvalue weighted by molar-refractivity contribution is -0.132. The van der Waals surface area contributed by atoms with E-state index in [1.807, 2.05) is 0 Å². The average molecular weight is 238 g/mol. The first-order chi connectivity index (χ1) is 8.22. The van der Waals surface area contributed by atoms with Crippen LogP contribution in [0.25, 0.3) is 0 Å². The van der Waals surface area contributed by atoms with Gasteiger partial charge in [-0.05, 0) is 32.6 Å². The van der Waals surface area contributed by atoms with E-state index in [4.69, 9.17) is 5.11 Å². The number of hydrogen-bond donors (Lipinski definition) is 1. The zero-order valence-electron chi connectivity index (χ0n) is 11.1. The lowest BCUT2D eigenvalue weighted by Crippen LogP contribution is -2.02. The van der Waals surface area contributed by atoms with E-state index < -0.39 is 5.97 Å². The van der Waals surface area contributed by atoms with Crippen molar-refractivity contribution in [1.82, 2.24) is 0 Å². The van der Waals surface area contributed by atoms with Crippen LogP contribution in [0.5, 0.6) is 0 Å². The third-order valence-corrected chi connectivity index (χ3v) is 3.81. The maximum Gasteiger partial charge on any atom is 0.331 e. The molecule has 0 aromatic rings. The molecule has 98 valence electrons. The molecule has 1 fully saturated rings. The first-order valence-corrected chi connectivity index (χ1v) is 7.13. The van der Waals surface area contributed by atoms with Crippen LogP contribution >= 0.6 is 0 Å². The lowest BCUT2D eigenvalue weighted by Gasteiger charge is -2.12. The maximum absolute atomic E-state index is 11.0. The summed E-state index contributed by atoms with van der Waals surface area (Å²) in [5.74, 6) is -0.730. The third-order valence-electron chi connectivity index (χ3n) is 3.81. The molecule has 0 unspecified atom stereocenters. The average Bonchev–Trinajstić information content (AvgIpc) is 2.29. The molecule has 0 amide bonds. The van der Waals surface area contributed by atoms with Gasteiger partial charge in [0, 0.05) is 5.57 Å². The number of allylic oxidation sites excluding steroid dienone is 1. The predicted molar refractivity (Wildman–Crippen MR) is 71.1 cm³/mol. The van der Waals surface area contributed by atoms with Gasteiger partial charge in [0.1, 0.15) is 0 Å². The Kier molecular flexibility index (Phi) is 6.99. The molecule has 1 aliphatic carbocycles. The Balaban J connectivity index is 2.54.